The zero-order valence-electron chi connectivity index (χ0n) is 16.5. The fourth-order valence-electron chi connectivity index (χ4n) is 2.90. The SMILES string of the molecule is C(#Cc1ccc(C(Cn2ccnc2)=NOCc2ccccc2)cc1)c1ccccc1. The molecule has 0 aliphatic carbocycles. The zero-order valence-corrected chi connectivity index (χ0v) is 16.5. The molecule has 0 bridgehead atoms. The molecule has 1 heterocycles. The summed E-state index contributed by atoms with van der Waals surface area (Å²) in [7, 11) is 0. The van der Waals surface area contributed by atoms with Crippen molar-refractivity contribution < 1.29 is 4.84 Å². The lowest BCUT2D eigenvalue weighted by molar-refractivity contribution is 0.130. The maximum absolute atomic E-state index is 5.65. The van der Waals surface area contributed by atoms with Crippen LogP contribution in [-0.4, -0.2) is 15.3 Å². The molecule has 0 spiro atoms. The summed E-state index contributed by atoms with van der Waals surface area (Å²) in [5, 5.41) is 4.42. The van der Waals surface area contributed by atoms with Gasteiger partial charge in [0.15, 0.2) is 0 Å². The molecule has 146 valence electrons. The van der Waals surface area contributed by atoms with Gasteiger partial charge in [0.25, 0.3) is 0 Å². The van der Waals surface area contributed by atoms with Crippen LogP contribution in [0.1, 0.15) is 22.3 Å². The first-order valence-corrected chi connectivity index (χ1v) is 9.73. The van der Waals surface area contributed by atoms with Crippen molar-refractivity contribution in [1.82, 2.24) is 9.55 Å². The summed E-state index contributed by atoms with van der Waals surface area (Å²) in [6.45, 7) is 0.999. The third-order valence-electron chi connectivity index (χ3n) is 4.48. The summed E-state index contributed by atoms with van der Waals surface area (Å²) in [6.07, 6.45) is 5.43. The minimum absolute atomic E-state index is 0.425. The largest absolute Gasteiger partial charge is 0.391 e. The first-order valence-electron chi connectivity index (χ1n) is 9.73. The van der Waals surface area contributed by atoms with Gasteiger partial charge in [-0.25, -0.2) is 4.98 Å². The molecule has 30 heavy (non-hydrogen) atoms. The van der Waals surface area contributed by atoms with Crippen LogP contribution in [0.5, 0.6) is 0 Å². The molecular weight excluding hydrogens is 370 g/mol. The molecular formula is C26H21N3O. The van der Waals surface area contributed by atoms with Gasteiger partial charge in [-0.1, -0.05) is 77.7 Å². The highest BCUT2D eigenvalue weighted by molar-refractivity contribution is 6.00. The van der Waals surface area contributed by atoms with Crippen LogP contribution in [0.3, 0.4) is 0 Å². The van der Waals surface area contributed by atoms with Gasteiger partial charge in [0.1, 0.15) is 12.3 Å². The molecule has 4 heteroatoms. The third-order valence-corrected chi connectivity index (χ3v) is 4.48. The van der Waals surface area contributed by atoms with Crippen LogP contribution >= 0.6 is 0 Å². The number of aromatic nitrogens is 2. The van der Waals surface area contributed by atoms with Crippen molar-refractivity contribution in [3.8, 4) is 11.8 Å². The number of hydrogen-bond acceptors (Lipinski definition) is 3. The van der Waals surface area contributed by atoms with Gasteiger partial charge in [-0.3, -0.25) is 0 Å². The van der Waals surface area contributed by atoms with E-state index in [-0.39, 0.29) is 0 Å². The molecule has 0 fully saturated rings. The Morgan fingerprint density at radius 2 is 1.50 bits per heavy atom. The van der Waals surface area contributed by atoms with E-state index in [4.69, 9.17) is 4.84 Å². The predicted molar refractivity (Wildman–Crippen MR) is 119 cm³/mol. The van der Waals surface area contributed by atoms with E-state index in [1.54, 1.807) is 12.5 Å². The first kappa shape index (κ1) is 19.2. The Bertz CT molecular complexity index is 1140. The highest BCUT2D eigenvalue weighted by atomic mass is 16.6. The van der Waals surface area contributed by atoms with Crippen LogP contribution in [0.25, 0.3) is 0 Å². The summed E-state index contributed by atoms with van der Waals surface area (Å²) in [5.74, 6) is 6.38. The van der Waals surface area contributed by atoms with Gasteiger partial charge in [0, 0.05) is 29.1 Å². The van der Waals surface area contributed by atoms with Crippen molar-refractivity contribution in [3.05, 3.63) is 126 Å². The average molecular weight is 391 g/mol. The Balaban J connectivity index is 1.51. The molecule has 0 radical (unpaired) electrons. The van der Waals surface area contributed by atoms with E-state index in [2.05, 4.69) is 22.0 Å². The lowest BCUT2D eigenvalue weighted by Gasteiger charge is -2.08. The van der Waals surface area contributed by atoms with Gasteiger partial charge < -0.3 is 9.40 Å². The molecule has 0 aliphatic heterocycles. The van der Waals surface area contributed by atoms with Crippen LogP contribution in [0.4, 0.5) is 0 Å². The van der Waals surface area contributed by atoms with Crippen molar-refractivity contribution in [3.63, 3.8) is 0 Å². The van der Waals surface area contributed by atoms with Crippen molar-refractivity contribution in [2.45, 2.75) is 13.2 Å². The second kappa shape index (κ2) is 9.90. The molecule has 0 saturated heterocycles. The van der Waals surface area contributed by atoms with Crippen LogP contribution in [0, 0.1) is 11.8 Å². The molecule has 0 aliphatic rings. The fourth-order valence-corrected chi connectivity index (χ4v) is 2.90. The Kier molecular flexibility index (Phi) is 6.35. The second-order valence-electron chi connectivity index (χ2n) is 6.73. The average Bonchev–Trinajstić information content (AvgIpc) is 3.32. The van der Waals surface area contributed by atoms with E-state index >= 15 is 0 Å². The van der Waals surface area contributed by atoms with E-state index < -0.39 is 0 Å². The van der Waals surface area contributed by atoms with Crippen molar-refractivity contribution in [2.24, 2.45) is 5.16 Å². The minimum Gasteiger partial charge on any atom is -0.391 e. The summed E-state index contributed by atoms with van der Waals surface area (Å²) in [4.78, 5) is 9.76. The summed E-state index contributed by atoms with van der Waals surface area (Å²) < 4.78 is 1.97. The first-order chi connectivity index (χ1) is 14.9. The molecule has 3 aromatic carbocycles. The molecule has 1 aromatic heterocycles. The lowest BCUT2D eigenvalue weighted by atomic mass is 10.1. The van der Waals surface area contributed by atoms with E-state index in [1.165, 1.54) is 0 Å². The monoisotopic (exact) mass is 391 g/mol. The summed E-state index contributed by atoms with van der Waals surface area (Å²) in [5.41, 5.74) is 4.84. The predicted octanol–water partition coefficient (Wildman–Crippen LogP) is 4.90. The van der Waals surface area contributed by atoms with E-state index in [0.717, 1.165) is 28.0 Å². The Hall–Kier alpha value is -4.10. The molecule has 0 atom stereocenters. The molecule has 0 saturated carbocycles. The van der Waals surface area contributed by atoms with Gasteiger partial charge in [-0.2, -0.15) is 0 Å². The molecule has 0 unspecified atom stereocenters. The fraction of sp³-hybridized carbons (Fsp3) is 0.0769. The van der Waals surface area contributed by atoms with E-state index in [9.17, 15) is 0 Å². The molecule has 0 N–H and O–H groups in total. The van der Waals surface area contributed by atoms with Gasteiger partial charge in [-0.05, 0) is 29.8 Å². The van der Waals surface area contributed by atoms with Crippen molar-refractivity contribution >= 4 is 5.71 Å². The molecule has 4 aromatic rings. The number of imidazole rings is 1. The number of hydrogen-bond donors (Lipinski definition) is 0. The Morgan fingerprint density at radius 1 is 0.833 bits per heavy atom. The Labute approximate surface area is 176 Å². The van der Waals surface area contributed by atoms with Gasteiger partial charge in [0.2, 0.25) is 0 Å². The van der Waals surface area contributed by atoms with E-state index in [1.807, 2.05) is 95.7 Å². The maximum atomic E-state index is 5.65. The van der Waals surface area contributed by atoms with Crippen LogP contribution < -0.4 is 0 Å². The normalized spacial score (nSPS) is 10.9. The Morgan fingerprint density at radius 3 is 2.17 bits per heavy atom. The smallest absolute Gasteiger partial charge is 0.142 e. The summed E-state index contributed by atoms with van der Waals surface area (Å²) in [6, 6.07) is 28.0. The second-order valence-corrected chi connectivity index (χ2v) is 6.73. The highest BCUT2D eigenvalue weighted by Gasteiger charge is 2.06. The third kappa shape index (κ3) is 5.46. The van der Waals surface area contributed by atoms with Crippen molar-refractivity contribution in [1.29, 1.82) is 0 Å². The quantitative estimate of drug-likeness (QED) is 0.266. The topological polar surface area (TPSA) is 39.4 Å². The van der Waals surface area contributed by atoms with E-state index in [0.29, 0.717) is 13.2 Å². The molecule has 4 nitrogen and oxygen atoms in total. The van der Waals surface area contributed by atoms with Crippen molar-refractivity contribution in [2.75, 3.05) is 0 Å². The number of oxime groups is 1. The van der Waals surface area contributed by atoms with Crippen LogP contribution in [0.2, 0.25) is 0 Å². The molecule has 4 rings (SSSR count). The number of benzene rings is 3. The number of rotatable bonds is 6. The van der Waals surface area contributed by atoms with Gasteiger partial charge in [-0.15, -0.1) is 0 Å². The summed E-state index contributed by atoms with van der Waals surface area (Å²) >= 11 is 0. The standard InChI is InChI=1S/C26H21N3O/c1-3-7-22(8-4-1)11-12-23-13-15-25(16-14-23)26(19-29-18-17-27-21-29)28-30-20-24-9-5-2-6-10-24/h1-10,13-18,21H,19-20H2. The highest BCUT2D eigenvalue weighted by Crippen LogP contribution is 2.09. The minimum atomic E-state index is 0.425. The molecule has 0 amide bonds. The van der Waals surface area contributed by atoms with Gasteiger partial charge in [0.05, 0.1) is 12.9 Å². The van der Waals surface area contributed by atoms with Gasteiger partial charge >= 0.3 is 0 Å². The van der Waals surface area contributed by atoms with Crippen LogP contribution in [-0.2, 0) is 18.0 Å². The zero-order chi connectivity index (χ0) is 20.4. The maximum Gasteiger partial charge on any atom is 0.142 e. The lowest BCUT2D eigenvalue weighted by Crippen LogP contribution is -2.11. The van der Waals surface area contributed by atoms with Crippen LogP contribution in [0.15, 0.2) is 109 Å². The number of nitrogens with zero attached hydrogens (tertiary/aromatic N) is 3.